The first-order valence-corrected chi connectivity index (χ1v) is 8.77. The maximum atomic E-state index is 14.9. The Hall–Kier alpha value is -3.45. The summed E-state index contributed by atoms with van der Waals surface area (Å²) in [6.07, 6.45) is -12.5. The molecule has 0 spiro atoms. The molecule has 32 heavy (non-hydrogen) atoms. The van der Waals surface area contributed by atoms with Gasteiger partial charge in [-0.15, -0.1) is 0 Å². The molecule has 3 rings (SSSR count). The Morgan fingerprint density at radius 3 is 2.50 bits per heavy atom. The van der Waals surface area contributed by atoms with Gasteiger partial charge in [0.25, 0.3) is 18.4 Å². The van der Waals surface area contributed by atoms with Gasteiger partial charge in [0.1, 0.15) is 22.7 Å². The van der Waals surface area contributed by atoms with Crippen molar-refractivity contribution in [3.05, 3.63) is 53.4 Å². The number of rotatable bonds is 4. The molecule has 1 aliphatic heterocycles. The van der Waals surface area contributed by atoms with Crippen LogP contribution in [0.4, 0.5) is 36.4 Å². The number of halogens is 7. The Labute approximate surface area is 175 Å². The number of nitrogens with one attached hydrogen (secondary N) is 1. The molecule has 0 radical (unpaired) electrons. The average Bonchev–Trinajstić information content (AvgIpc) is 2.71. The number of benzene rings is 1. The monoisotopic (exact) mass is 465 g/mol. The number of aromatic nitrogens is 2. The number of amides is 1. The summed E-state index contributed by atoms with van der Waals surface area (Å²) >= 11 is 0. The predicted molar refractivity (Wildman–Crippen MR) is 96.1 cm³/mol. The number of nitrogens with zero attached hydrogens (tertiary/aromatic N) is 3. The van der Waals surface area contributed by atoms with E-state index in [2.05, 4.69) is 25.0 Å². The molecular weight excluding hydrogens is 451 g/mol. The number of carbonyl (C=O) groups is 1. The van der Waals surface area contributed by atoms with Crippen LogP contribution in [0, 0.1) is 5.82 Å². The van der Waals surface area contributed by atoms with Crippen molar-refractivity contribution < 1.29 is 40.3 Å². The molecule has 2 aromatic rings. The van der Waals surface area contributed by atoms with E-state index < -0.39 is 59.4 Å². The van der Waals surface area contributed by atoms with Crippen LogP contribution in [0.25, 0.3) is 0 Å². The minimum Gasteiger partial charge on any atom is -0.449 e. The van der Waals surface area contributed by atoms with Gasteiger partial charge in [-0.1, -0.05) is 0 Å². The van der Waals surface area contributed by atoms with Gasteiger partial charge in [0, 0.05) is 11.3 Å². The van der Waals surface area contributed by atoms with Crippen LogP contribution in [0.1, 0.15) is 35.1 Å². The van der Waals surface area contributed by atoms with Crippen molar-refractivity contribution >= 4 is 17.6 Å². The van der Waals surface area contributed by atoms with Gasteiger partial charge < -0.3 is 15.8 Å². The highest BCUT2D eigenvalue weighted by Gasteiger charge is 2.58. The largest absolute Gasteiger partial charge is 0.449 e. The van der Waals surface area contributed by atoms with Gasteiger partial charge in [0.15, 0.2) is 6.17 Å². The fourth-order valence-electron chi connectivity index (χ4n) is 3.00. The second-order valence-corrected chi connectivity index (χ2v) is 6.86. The van der Waals surface area contributed by atoms with Crippen LogP contribution in [0.2, 0.25) is 0 Å². The molecule has 0 unspecified atom stereocenters. The van der Waals surface area contributed by atoms with Gasteiger partial charge in [-0.2, -0.15) is 13.2 Å². The number of hydrogen-bond acceptors (Lipinski definition) is 6. The SMILES string of the molecule is C[C@]1(c2cc(NC(=O)c3cnc(C(F)F)cn3)ccc2F)N=C(N)O[C@H](C(F)(F)F)[C@@H]1F. The highest BCUT2D eigenvalue weighted by atomic mass is 19.4. The Morgan fingerprint density at radius 1 is 1.25 bits per heavy atom. The molecule has 1 aromatic carbocycles. The highest BCUT2D eigenvalue weighted by Crippen LogP contribution is 2.43. The number of carbonyl (C=O) groups excluding carboxylic acids is 1. The molecule has 1 amide bonds. The molecule has 172 valence electrons. The summed E-state index contributed by atoms with van der Waals surface area (Å²) in [4.78, 5) is 22.7. The smallest absolute Gasteiger partial charge is 0.428 e. The second-order valence-electron chi connectivity index (χ2n) is 6.86. The molecule has 2 heterocycles. The molecule has 14 heteroatoms. The van der Waals surface area contributed by atoms with Crippen molar-refractivity contribution in [3.8, 4) is 0 Å². The molecule has 3 N–H and O–H groups in total. The topological polar surface area (TPSA) is 102 Å². The summed E-state index contributed by atoms with van der Waals surface area (Å²) in [5.74, 6) is -2.06. The van der Waals surface area contributed by atoms with Crippen LogP contribution in [0.15, 0.2) is 35.6 Å². The third-order valence-corrected chi connectivity index (χ3v) is 4.61. The Balaban J connectivity index is 1.93. The van der Waals surface area contributed by atoms with Gasteiger partial charge in [-0.25, -0.2) is 27.5 Å². The van der Waals surface area contributed by atoms with Crippen molar-refractivity contribution in [1.29, 1.82) is 0 Å². The number of ether oxygens (including phenoxy) is 1. The molecule has 0 aliphatic carbocycles. The molecule has 0 saturated carbocycles. The zero-order valence-corrected chi connectivity index (χ0v) is 16.0. The van der Waals surface area contributed by atoms with Crippen molar-refractivity contribution in [2.75, 3.05) is 5.32 Å². The van der Waals surface area contributed by atoms with Crippen LogP contribution in [0.3, 0.4) is 0 Å². The zero-order chi connectivity index (χ0) is 23.8. The number of nitrogens with two attached hydrogens (primary N) is 1. The molecule has 0 fully saturated rings. The van der Waals surface area contributed by atoms with Gasteiger partial charge in [0.2, 0.25) is 6.10 Å². The summed E-state index contributed by atoms with van der Waals surface area (Å²) in [5.41, 5.74) is 0.997. The van der Waals surface area contributed by atoms with Crippen molar-refractivity contribution in [3.63, 3.8) is 0 Å². The first-order valence-electron chi connectivity index (χ1n) is 8.77. The van der Waals surface area contributed by atoms with Gasteiger partial charge >= 0.3 is 6.18 Å². The molecule has 0 bridgehead atoms. The van der Waals surface area contributed by atoms with Gasteiger partial charge in [-0.3, -0.25) is 9.78 Å². The molecule has 7 nitrogen and oxygen atoms in total. The standard InChI is InChI=1S/C18H14F7N5O2/c1-17(12(20)13(18(23,24)25)32-16(26)30-17)8-4-7(2-3-9(8)19)29-15(31)11-6-27-10(5-28-11)14(21)22/h2-6,12-14H,1H3,(H2,26,30)(H,29,31)/t12-,13-,17+/m0/s1. The minimum absolute atomic E-state index is 0.164. The van der Waals surface area contributed by atoms with E-state index in [-0.39, 0.29) is 11.4 Å². The number of anilines is 1. The number of alkyl halides is 6. The van der Waals surface area contributed by atoms with Crippen LogP contribution in [0.5, 0.6) is 0 Å². The fraction of sp³-hybridized carbons (Fsp3) is 0.333. The highest BCUT2D eigenvalue weighted by molar-refractivity contribution is 6.02. The van der Waals surface area contributed by atoms with E-state index >= 15 is 0 Å². The maximum absolute atomic E-state index is 14.9. The first kappa shape index (κ1) is 23.2. The number of hydrogen-bond donors (Lipinski definition) is 2. The van der Waals surface area contributed by atoms with Crippen LogP contribution in [-0.4, -0.2) is 40.3 Å². The van der Waals surface area contributed by atoms with Crippen molar-refractivity contribution in [2.24, 2.45) is 10.7 Å². The maximum Gasteiger partial charge on any atom is 0.428 e. The number of aliphatic imine (C=N–C) groups is 1. The Morgan fingerprint density at radius 2 is 1.94 bits per heavy atom. The summed E-state index contributed by atoms with van der Waals surface area (Å²) in [5, 5.41) is 2.25. The summed E-state index contributed by atoms with van der Waals surface area (Å²) in [6.45, 7) is 0.893. The first-order chi connectivity index (χ1) is 14.8. The van der Waals surface area contributed by atoms with E-state index in [0.29, 0.717) is 6.20 Å². The summed E-state index contributed by atoms with van der Waals surface area (Å²) in [7, 11) is 0. The van der Waals surface area contributed by atoms with Crippen molar-refractivity contribution in [1.82, 2.24) is 9.97 Å². The summed E-state index contributed by atoms with van der Waals surface area (Å²) < 4.78 is 98.2. The lowest BCUT2D eigenvalue weighted by Crippen LogP contribution is -2.55. The quantitative estimate of drug-likeness (QED) is 0.672. The van der Waals surface area contributed by atoms with E-state index in [9.17, 15) is 35.5 Å². The minimum atomic E-state index is -5.16. The van der Waals surface area contributed by atoms with E-state index in [0.717, 1.165) is 31.3 Å². The molecular formula is C18H14F7N5O2. The van der Waals surface area contributed by atoms with Gasteiger partial charge in [-0.05, 0) is 25.1 Å². The number of amidine groups is 1. The van der Waals surface area contributed by atoms with E-state index in [1.165, 1.54) is 0 Å². The van der Waals surface area contributed by atoms with Crippen LogP contribution in [-0.2, 0) is 10.3 Å². The Kier molecular flexibility index (Phi) is 5.98. The molecule has 1 aliphatic rings. The average molecular weight is 465 g/mol. The lowest BCUT2D eigenvalue weighted by molar-refractivity contribution is -0.227. The summed E-state index contributed by atoms with van der Waals surface area (Å²) in [6, 6.07) is 1.70. The normalized spacial score (nSPS) is 23.5. The van der Waals surface area contributed by atoms with Gasteiger partial charge in [0.05, 0.1) is 12.4 Å². The lowest BCUT2D eigenvalue weighted by Gasteiger charge is -2.39. The fourth-order valence-corrected chi connectivity index (χ4v) is 3.00. The Bertz CT molecular complexity index is 1050. The van der Waals surface area contributed by atoms with E-state index in [1.54, 1.807) is 0 Å². The third kappa shape index (κ3) is 4.43. The van der Waals surface area contributed by atoms with Crippen molar-refractivity contribution in [2.45, 2.75) is 37.3 Å². The van der Waals surface area contributed by atoms with E-state index in [1.807, 2.05) is 0 Å². The molecule has 1 aromatic heterocycles. The zero-order valence-electron chi connectivity index (χ0n) is 16.0. The second kappa shape index (κ2) is 8.24. The molecule has 3 atom stereocenters. The lowest BCUT2D eigenvalue weighted by atomic mass is 9.83. The van der Waals surface area contributed by atoms with Crippen LogP contribution >= 0.6 is 0 Å². The molecule has 0 saturated heterocycles. The third-order valence-electron chi connectivity index (χ3n) is 4.61. The van der Waals surface area contributed by atoms with E-state index in [4.69, 9.17) is 5.73 Å². The predicted octanol–water partition coefficient (Wildman–Crippen LogP) is 3.63. The van der Waals surface area contributed by atoms with Crippen LogP contribution < -0.4 is 11.1 Å².